The summed E-state index contributed by atoms with van der Waals surface area (Å²) in [4.78, 5) is 11.2. The number of nitrogens with two attached hydrogens (primary N) is 1. The van der Waals surface area contributed by atoms with Crippen LogP contribution >= 0.6 is 11.8 Å². The van der Waals surface area contributed by atoms with Crippen molar-refractivity contribution < 1.29 is 13.9 Å². The minimum Gasteiger partial charge on any atom is -0.486 e. The Morgan fingerprint density at radius 1 is 1.43 bits per heavy atom. The predicted octanol–water partition coefficient (Wildman–Crippen LogP) is 0.548. The number of halogens is 1. The number of aromatic nitrogens is 3. The molecule has 0 atom stereocenters. The SMILES string of the molecule is CNC(=O)CSc1nnc(COc2ccc(F)cc2)n1N. The van der Waals surface area contributed by atoms with Gasteiger partial charge in [-0.25, -0.2) is 9.07 Å². The van der Waals surface area contributed by atoms with Crippen LogP contribution in [0.2, 0.25) is 0 Å². The summed E-state index contributed by atoms with van der Waals surface area (Å²) in [6.07, 6.45) is 0. The lowest BCUT2D eigenvalue weighted by Crippen LogP contribution is -2.21. The van der Waals surface area contributed by atoms with E-state index in [9.17, 15) is 9.18 Å². The minimum atomic E-state index is -0.336. The number of amides is 1. The van der Waals surface area contributed by atoms with E-state index in [-0.39, 0.29) is 24.1 Å². The van der Waals surface area contributed by atoms with Crippen LogP contribution in [0.25, 0.3) is 0 Å². The Labute approximate surface area is 124 Å². The monoisotopic (exact) mass is 311 g/mol. The zero-order valence-electron chi connectivity index (χ0n) is 11.2. The number of hydrogen-bond acceptors (Lipinski definition) is 6. The molecule has 1 amide bonds. The number of nitrogen functional groups attached to an aromatic ring is 1. The average Bonchev–Trinajstić information content (AvgIpc) is 2.85. The topological polar surface area (TPSA) is 95.1 Å². The molecule has 0 saturated heterocycles. The molecule has 0 fully saturated rings. The highest BCUT2D eigenvalue weighted by Gasteiger charge is 2.12. The zero-order valence-corrected chi connectivity index (χ0v) is 12.1. The number of carbonyl (C=O) groups is 1. The molecule has 1 heterocycles. The number of hydrogen-bond donors (Lipinski definition) is 2. The van der Waals surface area contributed by atoms with E-state index in [1.807, 2.05) is 0 Å². The van der Waals surface area contributed by atoms with Crippen LogP contribution in [0.3, 0.4) is 0 Å². The third kappa shape index (κ3) is 4.09. The highest BCUT2D eigenvalue weighted by Crippen LogP contribution is 2.16. The molecule has 1 aromatic carbocycles. The molecule has 21 heavy (non-hydrogen) atoms. The molecule has 0 unspecified atom stereocenters. The molecule has 112 valence electrons. The Bertz CT molecular complexity index is 617. The first-order chi connectivity index (χ1) is 10.1. The Balaban J connectivity index is 1.93. The molecule has 7 nitrogen and oxygen atoms in total. The summed E-state index contributed by atoms with van der Waals surface area (Å²) in [6, 6.07) is 5.61. The molecule has 0 aliphatic heterocycles. The Hall–Kier alpha value is -2.29. The van der Waals surface area contributed by atoms with Crippen LogP contribution < -0.4 is 15.9 Å². The number of carbonyl (C=O) groups excluding carboxylic acids is 1. The fraction of sp³-hybridized carbons (Fsp3) is 0.250. The fourth-order valence-electron chi connectivity index (χ4n) is 1.39. The van der Waals surface area contributed by atoms with Gasteiger partial charge in [-0.1, -0.05) is 11.8 Å². The quantitative estimate of drug-likeness (QED) is 0.597. The van der Waals surface area contributed by atoms with Gasteiger partial charge in [0.05, 0.1) is 5.75 Å². The van der Waals surface area contributed by atoms with Crippen molar-refractivity contribution >= 4 is 17.7 Å². The van der Waals surface area contributed by atoms with E-state index >= 15 is 0 Å². The number of thioether (sulfide) groups is 1. The maximum atomic E-state index is 12.8. The molecular formula is C12H14FN5O2S. The molecule has 0 bridgehead atoms. The number of nitrogens with one attached hydrogen (secondary N) is 1. The minimum absolute atomic E-state index is 0.0929. The van der Waals surface area contributed by atoms with Gasteiger partial charge in [0.1, 0.15) is 18.2 Å². The fourth-order valence-corrected chi connectivity index (χ4v) is 2.13. The molecule has 0 aliphatic carbocycles. The van der Waals surface area contributed by atoms with Gasteiger partial charge in [-0.2, -0.15) is 0 Å². The summed E-state index contributed by atoms with van der Waals surface area (Å²) in [5.74, 6) is 6.45. The zero-order chi connectivity index (χ0) is 15.2. The van der Waals surface area contributed by atoms with Crippen LogP contribution in [0.15, 0.2) is 29.4 Å². The van der Waals surface area contributed by atoms with Crippen molar-refractivity contribution in [2.45, 2.75) is 11.8 Å². The van der Waals surface area contributed by atoms with Crippen LogP contribution in [0.4, 0.5) is 4.39 Å². The molecule has 2 aromatic rings. The molecule has 9 heteroatoms. The molecule has 2 rings (SSSR count). The van der Waals surface area contributed by atoms with Crippen molar-refractivity contribution in [1.29, 1.82) is 0 Å². The second-order valence-electron chi connectivity index (χ2n) is 3.97. The predicted molar refractivity (Wildman–Crippen MR) is 75.7 cm³/mol. The lowest BCUT2D eigenvalue weighted by Gasteiger charge is -2.06. The molecule has 0 radical (unpaired) electrons. The van der Waals surface area contributed by atoms with Gasteiger partial charge < -0.3 is 15.9 Å². The number of nitrogens with zero attached hydrogens (tertiary/aromatic N) is 3. The van der Waals surface area contributed by atoms with E-state index in [0.29, 0.717) is 16.7 Å². The first kappa shape index (κ1) is 15.1. The largest absolute Gasteiger partial charge is 0.486 e. The summed E-state index contributed by atoms with van der Waals surface area (Å²) in [5, 5.41) is 10.7. The van der Waals surface area contributed by atoms with Gasteiger partial charge in [-0.05, 0) is 24.3 Å². The number of ether oxygens (including phenoxy) is 1. The van der Waals surface area contributed by atoms with Gasteiger partial charge in [0.2, 0.25) is 11.1 Å². The molecule has 0 spiro atoms. The first-order valence-corrected chi connectivity index (χ1v) is 7.00. The summed E-state index contributed by atoms with van der Waals surface area (Å²) in [7, 11) is 1.55. The normalized spacial score (nSPS) is 10.4. The smallest absolute Gasteiger partial charge is 0.230 e. The van der Waals surface area contributed by atoms with Crippen molar-refractivity contribution in [3.63, 3.8) is 0 Å². The van der Waals surface area contributed by atoms with Crippen molar-refractivity contribution in [1.82, 2.24) is 20.2 Å². The van der Waals surface area contributed by atoms with E-state index in [2.05, 4.69) is 15.5 Å². The van der Waals surface area contributed by atoms with E-state index in [1.54, 1.807) is 7.05 Å². The molecule has 0 aliphatic rings. The molecule has 1 aromatic heterocycles. The Morgan fingerprint density at radius 3 is 2.81 bits per heavy atom. The van der Waals surface area contributed by atoms with Gasteiger partial charge in [0, 0.05) is 7.05 Å². The van der Waals surface area contributed by atoms with Crippen molar-refractivity contribution in [3.05, 3.63) is 35.9 Å². The highest BCUT2D eigenvalue weighted by molar-refractivity contribution is 7.99. The maximum absolute atomic E-state index is 12.8. The summed E-state index contributed by atoms with van der Waals surface area (Å²) in [6.45, 7) is 0.0929. The second kappa shape index (κ2) is 6.93. The van der Waals surface area contributed by atoms with Crippen LogP contribution in [0.1, 0.15) is 5.82 Å². The molecule has 3 N–H and O–H groups in total. The lowest BCUT2D eigenvalue weighted by atomic mass is 10.3. The lowest BCUT2D eigenvalue weighted by molar-refractivity contribution is -0.118. The third-order valence-electron chi connectivity index (χ3n) is 2.53. The first-order valence-electron chi connectivity index (χ1n) is 6.01. The van der Waals surface area contributed by atoms with Gasteiger partial charge in [-0.3, -0.25) is 4.79 Å². The van der Waals surface area contributed by atoms with E-state index in [1.165, 1.54) is 40.7 Å². The van der Waals surface area contributed by atoms with Crippen molar-refractivity contribution in [3.8, 4) is 5.75 Å². The van der Waals surface area contributed by atoms with Crippen LogP contribution in [0, 0.1) is 5.82 Å². The highest BCUT2D eigenvalue weighted by atomic mass is 32.2. The third-order valence-corrected chi connectivity index (χ3v) is 3.47. The van der Waals surface area contributed by atoms with Crippen LogP contribution in [-0.4, -0.2) is 33.6 Å². The molecule has 0 saturated carbocycles. The van der Waals surface area contributed by atoms with E-state index < -0.39 is 0 Å². The summed E-state index contributed by atoms with van der Waals surface area (Å²) < 4.78 is 19.4. The molecular weight excluding hydrogens is 297 g/mol. The Kier molecular flexibility index (Phi) is 4.99. The van der Waals surface area contributed by atoms with Gasteiger partial charge in [-0.15, -0.1) is 10.2 Å². The van der Waals surface area contributed by atoms with Gasteiger partial charge >= 0.3 is 0 Å². The standard InChI is InChI=1S/C12H14FN5O2S/c1-15-11(19)7-21-12-17-16-10(18(12)14)6-20-9-4-2-8(13)3-5-9/h2-5H,6-7,14H2,1H3,(H,15,19). The van der Waals surface area contributed by atoms with Gasteiger partial charge in [0.15, 0.2) is 5.82 Å². The Morgan fingerprint density at radius 2 is 2.14 bits per heavy atom. The van der Waals surface area contributed by atoms with Gasteiger partial charge in [0.25, 0.3) is 0 Å². The van der Waals surface area contributed by atoms with Crippen LogP contribution in [-0.2, 0) is 11.4 Å². The van der Waals surface area contributed by atoms with Crippen molar-refractivity contribution in [2.75, 3.05) is 18.6 Å². The number of rotatable bonds is 6. The summed E-state index contributed by atoms with van der Waals surface area (Å²) >= 11 is 1.17. The second-order valence-corrected chi connectivity index (χ2v) is 4.92. The van der Waals surface area contributed by atoms with E-state index in [0.717, 1.165) is 0 Å². The average molecular weight is 311 g/mol. The van der Waals surface area contributed by atoms with E-state index in [4.69, 9.17) is 10.6 Å². The number of benzene rings is 1. The van der Waals surface area contributed by atoms with Crippen LogP contribution in [0.5, 0.6) is 5.75 Å². The van der Waals surface area contributed by atoms with Crippen molar-refractivity contribution in [2.24, 2.45) is 0 Å². The summed E-state index contributed by atoms with van der Waals surface area (Å²) in [5.41, 5.74) is 0. The maximum Gasteiger partial charge on any atom is 0.230 e.